The lowest BCUT2D eigenvalue weighted by Crippen LogP contribution is -2.16. The smallest absolute Gasteiger partial charge is 0.348 e. The fourth-order valence-corrected chi connectivity index (χ4v) is 4.48. The summed E-state index contributed by atoms with van der Waals surface area (Å²) in [5, 5.41) is 1.11. The number of esters is 1. The van der Waals surface area contributed by atoms with Crippen molar-refractivity contribution in [1.29, 1.82) is 0 Å². The number of carbonyl (C=O) groups is 1. The van der Waals surface area contributed by atoms with Crippen LogP contribution < -0.4 is 0 Å². The van der Waals surface area contributed by atoms with Crippen molar-refractivity contribution in [2.45, 2.75) is 46.5 Å². The third-order valence-electron chi connectivity index (χ3n) is 3.71. The van der Waals surface area contributed by atoms with Crippen molar-refractivity contribution in [1.82, 2.24) is 0 Å². The first kappa shape index (κ1) is 19.7. The third kappa shape index (κ3) is 4.52. The van der Waals surface area contributed by atoms with Crippen LogP contribution in [0.5, 0.6) is 0 Å². The normalized spacial score (nSPS) is 11.3. The molecule has 0 aliphatic heterocycles. The highest BCUT2D eigenvalue weighted by Crippen LogP contribution is 2.37. The number of methoxy groups -OCH3 is 1. The van der Waals surface area contributed by atoms with E-state index in [4.69, 9.17) is 9.47 Å². The molecule has 0 aliphatic carbocycles. The van der Waals surface area contributed by atoms with Gasteiger partial charge in [0.25, 0.3) is 0 Å². The Morgan fingerprint density at radius 2 is 1.96 bits per heavy atom. The zero-order valence-electron chi connectivity index (χ0n) is 15.9. The standard InChI is InChI=1S/C20H26O3SSi/c1-7-16-17-15(13-22-3)10-9-14(11-12-25(4,5)6)18(17)24-19(16)20(21)23-8-2/h9-10H,7-8,13H2,1-6H3. The first-order valence-corrected chi connectivity index (χ1v) is 12.9. The molecule has 0 amide bonds. The van der Waals surface area contributed by atoms with Crippen LogP contribution in [0.25, 0.3) is 10.1 Å². The van der Waals surface area contributed by atoms with E-state index in [2.05, 4.69) is 50.2 Å². The maximum absolute atomic E-state index is 12.4. The third-order valence-corrected chi connectivity index (χ3v) is 5.83. The van der Waals surface area contributed by atoms with Gasteiger partial charge < -0.3 is 9.47 Å². The van der Waals surface area contributed by atoms with Crippen LogP contribution in [0, 0.1) is 11.5 Å². The Balaban J connectivity index is 2.75. The molecule has 3 nitrogen and oxygen atoms in total. The lowest BCUT2D eigenvalue weighted by molar-refractivity contribution is 0.0531. The second-order valence-corrected chi connectivity index (χ2v) is 12.7. The highest BCUT2D eigenvalue weighted by atomic mass is 32.1. The van der Waals surface area contributed by atoms with E-state index in [9.17, 15) is 4.79 Å². The van der Waals surface area contributed by atoms with Crippen LogP contribution in [0.4, 0.5) is 0 Å². The van der Waals surface area contributed by atoms with Gasteiger partial charge in [-0.3, -0.25) is 0 Å². The van der Waals surface area contributed by atoms with Crippen LogP contribution in [0.1, 0.15) is 40.2 Å². The van der Waals surface area contributed by atoms with Gasteiger partial charge in [0.2, 0.25) is 0 Å². The van der Waals surface area contributed by atoms with E-state index in [1.54, 1.807) is 7.11 Å². The predicted molar refractivity (Wildman–Crippen MR) is 108 cm³/mol. The van der Waals surface area contributed by atoms with E-state index in [-0.39, 0.29) is 5.97 Å². The largest absolute Gasteiger partial charge is 0.462 e. The summed E-state index contributed by atoms with van der Waals surface area (Å²) in [4.78, 5) is 13.1. The van der Waals surface area contributed by atoms with Crippen molar-refractivity contribution in [3.8, 4) is 11.5 Å². The first-order chi connectivity index (χ1) is 11.8. The van der Waals surface area contributed by atoms with Gasteiger partial charge in [-0.05, 0) is 30.5 Å². The van der Waals surface area contributed by atoms with Gasteiger partial charge in [-0.15, -0.1) is 16.9 Å². The van der Waals surface area contributed by atoms with E-state index in [1.807, 2.05) is 6.92 Å². The maximum atomic E-state index is 12.4. The second-order valence-electron chi connectivity index (χ2n) is 6.89. The number of carbonyl (C=O) groups excluding carboxylic acids is 1. The number of aryl methyl sites for hydroxylation is 1. The SMILES string of the molecule is CCOC(=O)c1sc2c(C#C[Si](C)(C)C)ccc(COC)c2c1CC. The number of fused-ring (bicyclic) bond motifs is 1. The fourth-order valence-electron chi connectivity index (χ4n) is 2.67. The van der Waals surface area contributed by atoms with Crippen LogP contribution in [0.3, 0.4) is 0 Å². The molecule has 0 bridgehead atoms. The first-order valence-electron chi connectivity index (χ1n) is 8.58. The molecule has 0 spiro atoms. The minimum atomic E-state index is -1.48. The maximum Gasteiger partial charge on any atom is 0.348 e. The summed E-state index contributed by atoms with van der Waals surface area (Å²) in [5.41, 5.74) is 6.56. The van der Waals surface area contributed by atoms with E-state index >= 15 is 0 Å². The van der Waals surface area contributed by atoms with Crippen LogP contribution in [0.15, 0.2) is 12.1 Å². The summed E-state index contributed by atoms with van der Waals surface area (Å²) >= 11 is 1.50. The predicted octanol–water partition coefficient (Wildman–Crippen LogP) is 5.02. The highest BCUT2D eigenvalue weighted by molar-refractivity contribution is 7.21. The topological polar surface area (TPSA) is 35.5 Å². The number of hydrogen-bond acceptors (Lipinski definition) is 4. The average molecular weight is 375 g/mol. The lowest BCUT2D eigenvalue weighted by atomic mass is 10.0. The van der Waals surface area contributed by atoms with Crippen molar-refractivity contribution >= 4 is 35.5 Å². The van der Waals surface area contributed by atoms with Gasteiger partial charge in [-0.25, -0.2) is 4.79 Å². The molecule has 1 heterocycles. The summed E-state index contributed by atoms with van der Waals surface area (Å²) in [7, 11) is 0.211. The second kappa shape index (κ2) is 8.18. The molecule has 0 fully saturated rings. The molecule has 1 aromatic carbocycles. The zero-order valence-corrected chi connectivity index (χ0v) is 17.7. The van der Waals surface area contributed by atoms with Crippen molar-refractivity contribution in [2.24, 2.45) is 0 Å². The van der Waals surface area contributed by atoms with E-state index in [1.165, 1.54) is 11.3 Å². The molecule has 0 atom stereocenters. The number of rotatable bonds is 5. The van der Waals surface area contributed by atoms with Gasteiger partial charge in [0, 0.05) is 18.1 Å². The molecule has 0 saturated carbocycles. The van der Waals surface area contributed by atoms with Gasteiger partial charge in [0.1, 0.15) is 13.0 Å². The van der Waals surface area contributed by atoms with E-state index < -0.39 is 8.07 Å². The lowest BCUT2D eigenvalue weighted by Gasteiger charge is -2.07. The molecule has 0 unspecified atom stereocenters. The quantitative estimate of drug-likeness (QED) is 0.419. The van der Waals surface area contributed by atoms with Crippen LogP contribution >= 0.6 is 11.3 Å². The van der Waals surface area contributed by atoms with Gasteiger partial charge >= 0.3 is 5.97 Å². The monoisotopic (exact) mass is 374 g/mol. The molecule has 1 aromatic heterocycles. The fraction of sp³-hybridized carbons (Fsp3) is 0.450. The molecule has 2 rings (SSSR count). The Hall–Kier alpha value is -1.61. The summed E-state index contributed by atoms with van der Waals surface area (Å²) in [5.74, 6) is 3.12. The molecule has 0 aliphatic rings. The molecule has 25 heavy (non-hydrogen) atoms. The molecule has 2 aromatic rings. The number of ether oxygens (including phenoxy) is 2. The number of benzene rings is 1. The van der Waals surface area contributed by atoms with Gasteiger partial charge in [0.05, 0.1) is 17.9 Å². The summed E-state index contributed by atoms with van der Waals surface area (Å²) in [6, 6.07) is 4.12. The molecule has 0 saturated heterocycles. The van der Waals surface area contributed by atoms with Gasteiger partial charge in [-0.2, -0.15) is 0 Å². The van der Waals surface area contributed by atoms with E-state index in [0.717, 1.165) is 33.2 Å². The average Bonchev–Trinajstić information content (AvgIpc) is 2.93. The van der Waals surface area contributed by atoms with Crippen molar-refractivity contribution in [3.05, 3.63) is 33.7 Å². The van der Waals surface area contributed by atoms with E-state index in [0.29, 0.717) is 18.1 Å². The molecule has 134 valence electrons. The number of thiophene rings is 1. The minimum Gasteiger partial charge on any atom is -0.462 e. The van der Waals surface area contributed by atoms with Gasteiger partial charge in [0.15, 0.2) is 0 Å². The van der Waals surface area contributed by atoms with Crippen LogP contribution in [-0.2, 0) is 22.5 Å². The minimum absolute atomic E-state index is 0.243. The zero-order chi connectivity index (χ0) is 18.6. The Kier molecular flexibility index (Phi) is 6.45. The highest BCUT2D eigenvalue weighted by Gasteiger charge is 2.22. The Labute approximate surface area is 155 Å². The Morgan fingerprint density at radius 1 is 1.24 bits per heavy atom. The number of hydrogen-bond donors (Lipinski definition) is 0. The Morgan fingerprint density at radius 3 is 2.52 bits per heavy atom. The molecular formula is C20H26O3SSi. The summed E-state index contributed by atoms with van der Waals surface area (Å²) in [6.45, 7) is 11.5. The molecule has 5 heteroatoms. The van der Waals surface area contributed by atoms with Crippen molar-refractivity contribution in [3.63, 3.8) is 0 Å². The Bertz CT molecular complexity index is 834. The van der Waals surface area contributed by atoms with Crippen molar-refractivity contribution < 1.29 is 14.3 Å². The molecular weight excluding hydrogens is 348 g/mol. The molecule has 0 radical (unpaired) electrons. The van der Waals surface area contributed by atoms with Crippen LogP contribution in [-0.4, -0.2) is 27.8 Å². The van der Waals surface area contributed by atoms with Crippen molar-refractivity contribution in [2.75, 3.05) is 13.7 Å². The van der Waals surface area contributed by atoms with Gasteiger partial charge in [-0.1, -0.05) is 38.6 Å². The summed E-state index contributed by atoms with van der Waals surface area (Å²) < 4.78 is 11.7. The van der Waals surface area contributed by atoms with Crippen LogP contribution in [0.2, 0.25) is 19.6 Å². The summed E-state index contributed by atoms with van der Waals surface area (Å²) in [6.07, 6.45) is 0.774. The molecule has 0 N–H and O–H groups in total.